The van der Waals surface area contributed by atoms with Crippen LogP contribution >= 0.6 is 0 Å². The lowest BCUT2D eigenvalue weighted by Gasteiger charge is -2.18. The average molecular weight is 362 g/mol. The van der Waals surface area contributed by atoms with Crippen LogP contribution in [0, 0.1) is 5.41 Å². The molecule has 0 saturated carbocycles. The summed E-state index contributed by atoms with van der Waals surface area (Å²) in [6.45, 7) is 2.54. The van der Waals surface area contributed by atoms with E-state index in [4.69, 9.17) is 10.1 Å². The number of carbonyl (C=O) groups is 1. The summed E-state index contributed by atoms with van der Waals surface area (Å²) in [4.78, 5) is 33.7. The smallest absolute Gasteiger partial charge is 0.258 e. The van der Waals surface area contributed by atoms with Crippen LogP contribution in [0.5, 0.6) is 5.75 Å². The third-order valence-electron chi connectivity index (χ3n) is 4.56. The number of ether oxygens (including phenoxy) is 1. The molecule has 1 aromatic heterocycles. The van der Waals surface area contributed by atoms with Gasteiger partial charge in [-0.3, -0.25) is 15.0 Å². The first kappa shape index (κ1) is 17.0. The third kappa shape index (κ3) is 2.97. The second kappa shape index (κ2) is 6.68. The van der Waals surface area contributed by atoms with Gasteiger partial charge in [0.1, 0.15) is 23.3 Å². The van der Waals surface area contributed by atoms with Crippen LogP contribution in [0.3, 0.4) is 0 Å². The zero-order valence-corrected chi connectivity index (χ0v) is 14.7. The number of H-pyrrole nitrogens is 1. The highest BCUT2D eigenvalue weighted by molar-refractivity contribution is 6.22. The highest BCUT2D eigenvalue weighted by Crippen LogP contribution is 2.29. The summed E-state index contributed by atoms with van der Waals surface area (Å²) in [5, 5.41) is 8.95. The van der Waals surface area contributed by atoms with E-state index in [9.17, 15) is 9.59 Å². The third-order valence-corrected chi connectivity index (χ3v) is 4.56. The van der Waals surface area contributed by atoms with Gasteiger partial charge in [-0.05, 0) is 43.3 Å². The maximum atomic E-state index is 12.6. The molecule has 7 nitrogen and oxygen atoms in total. The molecule has 1 aliphatic rings. The van der Waals surface area contributed by atoms with Gasteiger partial charge in [-0.1, -0.05) is 12.1 Å². The Morgan fingerprint density at radius 3 is 2.67 bits per heavy atom. The number of Topliss-reactive ketones (excluding diaryl/α,β-unsaturated/α-hetero) is 1. The fourth-order valence-corrected chi connectivity index (χ4v) is 3.28. The molecule has 0 aliphatic carbocycles. The summed E-state index contributed by atoms with van der Waals surface area (Å²) in [5.41, 5.74) is 0.925. The van der Waals surface area contributed by atoms with Gasteiger partial charge in [0, 0.05) is 5.69 Å². The first-order chi connectivity index (χ1) is 13.1. The molecular formula is C20H18N4O3. The first-order valence-corrected chi connectivity index (χ1v) is 8.69. The van der Waals surface area contributed by atoms with E-state index in [1.165, 1.54) is 0 Å². The molecular weight excluding hydrogens is 344 g/mol. The van der Waals surface area contributed by atoms with Crippen molar-refractivity contribution in [3.05, 3.63) is 64.7 Å². The van der Waals surface area contributed by atoms with Crippen molar-refractivity contribution in [1.29, 1.82) is 5.41 Å². The lowest BCUT2D eigenvalue weighted by atomic mass is 10.1. The molecule has 1 unspecified atom stereocenters. The van der Waals surface area contributed by atoms with Crippen LogP contribution in [-0.4, -0.2) is 34.7 Å². The van der Waals surface area contributed by atoms with Crippen LogP contribution in [0.2, 0.25) is 0 Å². The minimum atomic E-state index is -0.881. The SMILES string of the molecule is CCOc1ccc(N2CC(=O)C(c3nc4ccccc4c(=O)[nH]3)C2=N)cc1. The molecule has 4 rings (SSSR count). The van der Waals surface area contributed by atoms with E-state index in [2.05, 4.69) is 9.97 Å². The maximum Gasteiger partial charge on any atom is 0.258 e. The zero-order valence-electron chi connectivity index (χ0n) is 14.7. The van der Waals surface area contributed by atoms with Gasteiger partial charge in [0.05, 0.1) is 24.1 Å². The summed E-state index contributed by atoms with van der Waals surface area (Å²) in [6, 6.07) is 14.2. The van der Waals surface area contributed by atoms with E-state index in [1.54, 1.807) is 41.3 Å². The predicted molar refractivity (Wildman–Crippen MR) is 103 cm³/mol. The van der Waals surface area contributed by atoms with Gasteiger partial charge in [0.2, 0.25) is 0 Å². The van der Waals surface area contributed by atoms with E-state index in [0.717, 1.165) is 11.4 Å². The average Bonchev–Trinajstić information content (AvgIpc) is 2.97. The molecule has 3 aromatic rings. The van der Waals surface area contributed by atoms with Gasteiger partial charge in [0.15, 0.2) is 5.78 Å². The number of carbonyl (C=O) groups excluding carboxylic acids is 1. The van der Waals surface area contributed by atoms with Crippen molar-refractivity contribution in [3.8, 4) is 5.75 Å². The molecule has 27 heavy (non-hydrogen) atoms. The lowest BCUT2D eigenvalue weighted by Crippen LogP contribution is -2.27. The minimum Gasteiger partial charge on any atom is -0.494 e. The van der Waals surface area contributed by atoms with Crippen molar-refractivity contribution in [2.45, 2.75) is 12.8 Å². The molecule has 1 saturated heterocycles. The molecule has 2 N–H and O–H groups in total. The van der Waals surface area contributed by atoms with Crippen LogP contribution in [0.1, 0.15) is 18.7 Å². The van der Waals surface area contributed by atoms with Crippen LogP contribution in [0.15, 0.2) is 53.3 Å². The summed E-state index contributed by atoms with van der Waals surface area (Å²) in [5.74, 6) is -0.0127. The van der Waals surface area contributed by atoms with Crippen molar-refractivity contribution in [2.75, 3.05) is 18.1 Å². The molecule has 0 spiro atoms. The van der Waals surface area contributed by atoms with E-state index in [-0.39, 0.29) is 29.5 Å². The minimum absolute atomic E-state index is 0.0635. The second-order valence-electron chi connectivity index (χ2n) is 6.27. The highest BCUT2D eigenvalue weighted by Gasteiger charge is 2.39. The van der Waals surface area contributed by atoms with E-state index in [0.29, 0.717) is 17.5 Å². The number of nitrogens with one attached hydrogen (secondary N) is 2. The van der Waals surface area contributed by atoms with Crippen LogP contribution in [-0.2, 0) is 4.79 Å². The molecule has 0 bridgehead atoms. The van der Waals surface area contributed by atoms with Crippen LogP contribution in [0.25, 0.3) is 10.9 Å². The monoisotopic (exact) mass is 362 g/mol. The number of anilines is 1. The number of rotatable bonds is 4. The molecule has 7 heteroatoms. The fourth-order valence-electron chi connectivity index (χ4n) is 3.28. The molecule has 0 radical (unpaired) electrons. The van der Waals surface area contributed by atoms with Gasteiger partial charge < -0.3 is 14.6 Å². The predicted octanol–water partition coefficient (Wildman–Crippen LogP) is 2.47. The first-order valence-electron chi connectivity index (χ1n) is 8.69. The van der Waals surface area contributed by atoms with Crippen molar-refractivity contribution in [1.82, 2.24) is 9.97 Å². The van der Waals surface area contributed by atoms with Crippen LogP contribution in [0.4, 0.5) is 5.69 Å². The topological polar surface area (TPSA) is 99.1 Å². The Bertz CT molecular complexity index is 1090. The Labute approximate surface area is 155 Å². The summed E-state index contributed by atoms with van der Waals surface area (Å²) in [7, 11) is 0. The molecule has 1 aliphatic heterocycles. The number of aromatic nitrogens is 2. The number of benzene rings is 2. The van der Waals surface area contributed by atoms with Crippen molar-refractivity contribution in [3.63, 3.8) is 0 Å². The molecule has 136 valence electrons. The van der Waals surface area contributed by atoms with Gasteiger partial charge in [-0.2, -0.15) is 0 Å². The number of amidine groups is 1. The number of fused-ring (bicyclic) bond motifs is 1. The van der Waals surface area contributed by atoms with Crippen molar-refractivity contribution >= 4 is 28.2 Å². The standard InChI is InChI=1S/C20H18N4O3/c1-2-27-13-9-7-12(8-10-13)24-11-16(25)17(18(24)21)19-22-15-6-4-3-5-14(15)20(26)23-19/h3-10,17,21H,2,11H2,1H3,(H,22,23,26). The Balaban J connectivity index is 1.68. The Morgan fingerprint density at radius 1 is 1.19 bits per heavy atom. The summed E-state index contributed by atoms with van der Waals surface area (Å²) >= 11 is 0. The van der Waals surface area contributed by atoms with Gasteiger partial charge in [-0.25, -0.2) is 4.98 Å². The second-order valence-corrected chi connectivity index (χ2v) is 6.27. The number of aromatic amines is 1. The number of para-hydroxylation sites is 1. The largest absolute Gasteiger partial charge is 0.494 e. The van der Waals surface area contributed by atoms with E-state index >= 15 is 0 Å². The lowest BCUT2D eigenvalue weighted by molar-refractivity contribution is -0.117. The summed E-state index contributed by atoms with van der Waals surface area (Å²) in [6.07, 6.45) is 0. The van der Waals surface area contributed by atoms with Gasteiger partial charge in [-0.15, -0.1) is 0 Å². The molecule has 2 aromatic carbocycles. The quantitative estimate of drug-likeness (QED) is 0.743. The van der Waals surface area contributed by atoms with Crippen LogP contribution < -0.4 is 15.2 Å². The fraction of sp³-hybridized carbons (Fsp3) is 0.200. The van der Waals surface area contributed by atoms with Crippen molar-refractivity contribution < 1.29 is 9.53 Å². The highest BCUT2D eigenvalue weighted by atomic mass is 16.5. The zero-order chi connectivity index (χ0) is 19.0. The summed E-state index contributed by atoms with van der Waals surface area (Å²) < 4.78 is 5.43. The Kier molecular flexibility index (Phi) is 4.19. The molecule has 2 heterocycles. The van der Waals surface area contributed by atoms with E-state index < -0.39 is 5.92 Å². The molecule has 1 fully saturated rings. The molecule has 1 atom stereocenters. The Hall–Kier alpha value is -3.48. The number of hydrogen-bond donors (Lipinski definition) is 2. The van der Waals surface area contributed by atoms with Gasteiger partial charge in [0.25, 0.3) is 5.56 Å². The molecule has 0 amide bonds. The van der Waals surface area contributed by atoms with Gasteiger partial charge >= 0.3 is 0 Å². The van der Waals surface area contributed by atoms with E-state index in [1.807, 2.05) is 19.1 Å². The normalized spacial score (nSPS) is 16.9. The van der Waals surface area contributed by atoms with Crippen molar-refractivity contribution in [2.24, 2.45) is 0 Å². The Morgan fingerprint density at radius 2 is 1.93 bits per heavy atom. The maximum absolute atomic E-state index is 12.6. The number of hydrogen-bond acceptors (Lipinski definition) is 5. The number of ketones is 1. The number of nitrogens with zero attached hydrogens (tertiary/aromatic N) is 2.